The van der Waals surface area contributed by atoms with E-state index in [9.17, 15) is 9.90 Å². The van der Waals surface area contributed by atoms with E-state index < -0.39 is 11.7 Å². The van der Waals surface area contributed by atoms with Crippen LogP contribution in [0.2, 0.25) is 0 Å². The number of fused-ring (bicyclic) bond motifs is 2. The molecular weight excluding hydrogens is 457 g/mol. The average Bonchev–Trinajstić information content (AvgIpc) is 3.64. The van der Waals surface area contributed by atoms with Crippen molar-refractivity contribution < 1.29 is 9.50 Å². The van der Waals surface area contributed by atoms with Gasteiger partial charge in [-0.2, -0.15) is 0 Å². The Labute approximate surface area is 210 Å². The summed E-state index contributed by atoms with van der Waals surface area (Å²) in [6.45, 7) is 4.21. The van der Waals surface area contributed by atoms with Gasteiger partial charge in [-0.25, -0.2) is 9.37 Å². The molecule has 1 saturated carbocycles. The number of pyridine rings is 1. The molecule has 2 bridgehead atoms. The Morgan fingerprint density at radius 3 is 2.56 bits per heavy atom. The monoisotopic (exact) mass is 489 g/mol. The van der Waals surface area contributed by atoms with Gasteiger partial charge in [0.25, 0.3) is 5.56 Å². The Kier molecular flexibility index (Phi) is 5.23. The SMILES string of the molecule is Cn1ccc(-c2ccc(-c3cnc(N(C4CC4)[C@@H]4C[C@@]5(C)CC[C@](C)(N5)[C@@H]4F)cn3)c(O)c2)cc1=O. The molecule has 8 heteroatoms. The van der Waals surface area contributed by atoms with Gasteiger partial charge < -0.3 is 19.9 Å². The number of nitrogens with one attached hydrogen (secondary N) is 1. The number of anilines is 1. The number of hydrogen-bond donors (Lipinski definition) is 2. The first-order valence-corrected chi connectivity index (χ1v) is 12.7. The molecular formula is C28H32FN5O2. The van der Waals surface area contributed by atoms with Gasteiger partial charge in [0.05, 0.1) is 24.1 Å². The highest BCUT2D eigenvalue weighted by Crippen LogP contribution is 2.48. The maximum atomic E-state index is 15.8. The first-order chi connectivity index (χ1) is 17.2. The van der Waals surface area contributed by atoms with Crippen LogP contribution in [0.5, 0.6) is 5.75 Å². The molecule has 1 aromatic carbocycles. The van der Waals surface area contributed by atoms with Crippen LogP contribution in [0.15, 0.2) is 53.7 Å². The summed E-state index contributed by atoms with van der Waals surface area (Å²) in [5, 5.41) is 14.3. The van der Waals surface area contributed by atoms with E-state index in [1.165, 1.54) is 4.57 Å². The van der Waals surface area contributed by atoms with Gasteiger partial charge in [0.1, 0.15) is 17.7 Å². The quantitative estimate of drug-likeness (QED) is 0.559. The molecule has 4 heterocycles. The maximum absolute atomic E-state index is 15.8. The fourth-order valence-corrected chi connectivity index (χ4v) is 6.17. The Balaban J connectivity index is 1.28. The lowest BCUT2D eigenvalue weighted by Crippen LogP contribution is -2.66. The molecule has 7 nitrogen and oxygen atoms in total. The van der Waals surface area contributed by atoms with Crippen molar-refractivity contribution in [1.82, 2.24) is 19.9 Å². The second-order valence-electron chi connectivity index (χ2n) is 11.3. The largest absolute Gasteiger partial charge is 0.507 e. The van der Waals surface area contributed by atoms with Crippen molar-refractivity contribution in [3.63, 3.8) is 0 Å². The molecule has 0 amide bonds. The number of nitrogens with zero attached hydrogens (tertiary/aromatic N) is 4. The molecule has 188 valence electrons. The van der Waals surface area contributed by atoms with Crippen molar-refractivity contribution in [2.75, 3.05) is 4.90 Å². The number of halogens is 1. The number of piperidine rings is 1. The van der Waals surface area contributed by atoms with Gasteiger partial charge in [-0.15, -0.1) is 0 Å². The minimum Gasteiger partial charge on any atom is -0.507 e. The summed E-state index contributed by atoms with van der Waals surface area (Å²) in [5.41, 5.74) is 1.91. The molecule has 0 unspecified atom stereocenters. The number of rotatable bonds is 5. The van der Waals surface area contributed by atoms with Crippen LogP contribution in [-0.2, 0) is 7.05 Å². The van der Waals surface area contributed by atoms with E-state index >= 15 is 4.39 Å². The van der Waals surface area contributed by atoms with Crippen LogP contribution >= 0.6 is 0 Å². The Bertz CT molecular complexity index is 1370. The van der Waals surface area contributed by atoms with E-state index in [-0.39, 0.29) is 22.9 Å². The summed E-state index contributed by atoms with van der Waals surface area (Å²) in [6.07, 6.45) is 8.74. The summed E-state index contributed by atoms with van der Waals surface area (Å²) in [6, 6.07) is 8.72. The zero-order valence-electron chi connectivity index (χ0n) is 20.9. The van der Waals surface area contributed by atoms with Crippen LogP contribution in [0.25, 0.3) is 22.4 Å². The summed E-state index contributed by atoms with van der Waals surface area (Å²) in [5.74, 6) is 0.757. The summed E-state index contributed by atoms with van der Waals surface area (Å²) >= 11 is 0. The molecule has 4 atom stereocenters. The number of benzene rings is 1. The fourth-order valence-electron chi connectivity index (χ4n) is 6.17. The van der Waals surface area contributed by atoms with Gasteiger partial charge in [-0.1, -0.05) is 6.07 Å². The predicted molar refractivity (Wildman–Crippen MR) is 138 cm³/mol. The van der Waals surface area contributed by atoms with Crippen LogP contribution in [0, 0.1) is 0 Å². The number of phenolic OH excluding ortho intramolecular Hbond substituents is 1. The van der Waals surface area contributed by atoms with E-state index in [0.717, 1.165) is 43.2 Å². The van der Waals surface area contributed by atoms with Crippen molar-refractivity contribution >= 4 is 5.82 Å². The lowest BCUT2D eigenvalue weighted by molar-refractivity contribution is 0.0832. The standard InChI is InChI=1S/C28H32FN5O2/c1-27-9-10-28(2,32-27)26(29)22(14-27)34(19-5-6-19)24-16-30-21(15-31-24)20-7-4-17(12-23(20)35)18-8-11-33(3)25(36)13-18/h4,7-8,11-13,15-16,19,22,26,32,35H,5-6,9-10,14H2,1-3H3/t22-,26-,27-,28+/m1/s1. The highest BCUT2D eigenvalue weighted by atomic mass is 19.1. The lowest BCUT2D eigenvalue weighted by Gasteiger charge is -2.48. The summed E-state index contributed by atoms with van der Waals surface area (Å²) < 4.78 is 17.3. The van der Waals surface area contributed by atoms with Gasteiger partial charge in [-0.3, -0.25) is 9.78 Å². The minimum absolute atomic E-state index is 0.0565. The molecule has 2 aromatic heterocycles. The number of phenols is 1. The van der Waals surface area contributed by atoms with Gasteiger partial charge in [0, 0.05) is 42.0 Å². The second kappa shape index (κ2) is 8.13. The molecule has 3 fully saturated rings. The van der Waals surface area contributed by atoms with Gasteiger partial charge in [0.15, 0.2) is 0 Å². The lowest BCUT2D eigenvalue weighted by atomic mass is 9.82. The predicted octanol–water partition coefficient (Wildman–Crippen LogP) is 4.19. The molecule has 2 N–H and O–H groups in total. The van der Waals surface area contributed by atoms with Gasteiger partial charge in [0.2, 0.25) is 0 Å². The highest BCUT2D eigenvalue weighted by Gasteiger charge is 2.58. The van der Waals surface area contributed by atoms with Crippen molar-refractivity contribution in [3.8, 4) is 28.1 Å². The maximum Gasteiger partial charge on any atom is 0.250 e. The first kappa shape index (κ1) is 23.2. The number of alkyl halides is 1. The molecule has 36 heavy (non-hydrogen) atoms. The Morgan fingerprint density at radius 1 is 1.11 bits per heavy atom. The summed E-state index contributed by atoms with van der Waals surface area (Å²) in [7, 11) is 1.70. The van der Waals surface area contributed by atoms with Crippen molar-refractivity contribution in [1.29, 1.82) is 0 Å². The van der Waals surface area contributed by atoms with E-state index in [1.54, 1.807) is 43.8 Å². The number of aromatic nitrogens is 3. The fraction of sp³-hybridized carbons (Fsp3) is 0.464. The van der Waals surface area contributed by atoms with Crippen LogP contribution in [0.1, 0.15) is 46.0 Å². The Hall–Kier alpha value is -3.26. The zero-order chi connectivity index (χ0) is 25.2. The average molecular weight is 490 g/mol. The van der Waals surface area contributed by atoms with E-state index in [2.05, 4.69) is 22.1 Å². The van der Waals surface area contributed by atoms with Gasteiger partial charge >= 0.3 is 0 Å². The van der Waals surface area contributed by atoms with Crippen LogP contribution in [-0.4, -0.2) is 49.0 Å². The second-order valence-corrected chi connectivity index (χ2v) is 11.3. The van der Waals surface area contributed by atoms with Crippen LogP contribution in [0.4, 0.5) is 10.2 Å². The van der Waals surface area contributed by atoms with E-state index in [4.69, 9.17) is 4.98 Å². The molecule has 3 aliphatic rings. The van der Waals surface area contributed by atoms with E-state index in [0.29, 0.717) is 23.1 Å². The van der Waals surface area contributed by atoms with Gasteiger partial charge in [-0.05, 0) is 75.3 Å². The molecule has 0 radical (unpaired) electrons. The Morgan fingerprint density at radius 2 is 1.89 bits per heavy atom. The number of hydrogen-bond acceptors (Lipinski definition) is 6. The zero-order valence-corrected chi connectivity index (χ0v) is 20.9. The molecule has 3 aromatic rings. The topological polar surface area (TPSA) is 83.3 Å². The van der Waals surface area contributed by atoms with Crippen molar-refractivity contribution in [2.24, 2.45) is 7.05 Å². The molecule has 1 aliphatic carbocycles. The first-order valence-electron chi connectivity index (χ1n) is 12.7. The molecule has 0 spiro atoms. The third-order valence-electron chi connectivity index (χ3n) is 8.30. The molecule has 6 rings (SSSR count). The van der Waals surface area contributed by atoms with E-state index in [1.807, 2.05) is 19.1 Å². The third kappa shape index (κ3) is 3.88. The number of aromatic hydroxyl groups is 1. The highest BCUT2D eigenvalue weighted by molar-refractivity contribution is 5.74. The molecule has 2 saturated heterocycles. The third-order valence-corrected chi connectivity index (χ3v) is 8.30. The smallest absolute Gasteiger partial charge is 0.250 e. The van der Waals surface area contributed by atoms with Crippen LogP contribution in [0.3, 0.4) is 0 Å². The van der Waals surface area contributed by atoms with Crippen molar-refractivity contribution in [2.45, 2.75) is 75.3 Å². The van der Waals surface area contributed by atoms with Crippen LogP contribution < -0.4 is 15.8 Å². The minimum atomic E-state index is -0.985. The summed E-state index contributed by atoms with van der Waals surface area (Å²) in [4.78, 5) is 23.5. The normalized spacial score (nSPS) is 29.3. The molecule has 2 aliphatic heterocycles. The number of aryl methyl sites for hydroxylation is 1. The van der Waals surface area contributed by atoms with Crippen molar-refractivity contribution in [3.05, 3.63) is 59.3 Å².